The van der Waals surface area contributed by atoms with Gasteiger partial charge < -0.3 is 15.4 Å². The Morgan fingerprint density at radius 2 is 2.22 bits per heavy atom. The third-order valence-electron chi connectivity index (χ3n) is 3.33. The maximum atomic E-state index is 12.5. The molecule has 0 bridgehead atoms. The summed E-state index contributed by atoms with van der Waals surface area (Å²) >= 11 is 0. The third kappa shape index (κ3) is 2.82. The van der Waals surface area contributed by atoms with Crippen LogP contribution in [-0.4, -0.2) is 39.2 Å². The van der Waals surface area contributed by atoms with Gasteiger partial charge in [0.1, 0.15) is 24.7 Å². The number of nitrogens with zero attached hydrogens (tertiary/aromatic N) is 5. The Balaban J connectivity index is 1.86. The molecule has 1 aromatic carbocycles. The lowest BCUT2D eigenvalue weighted by Crippen LogP contribution is -2.50. The molecule has 1 atom stereocenters. The predicted octanol–water partition coefficient (Wildman–Crippen LogP) is -0.571. The number of hydrogen-bond acceptors (Lipinski definition) is 6. The van der Waals surface area contributed by atoms with Crippen LogP contribution in [0, 0.1) is 11.3 Å². The molecule has 0 radical (unpaired) electrons. The van der Waals surface area contributed by atoms with Crippen LogP contribution in [-0.2, 0) is 16.1 Å². The van der Waals surface area contributed by atoms with E-state index in [0.29, 0.717) is 11.4 Å². The monoisotopic (exact) mass is 312 g/mol. The molecule has 2 aromatic rings. The van der Waals surface area contributed by atoms with Crippen LogP contribution in [0.5, 0.6) is 5.75 Å². The standard InChI is InChI=1S/C14H12N6O3/c15-5-12-17-8-19(18-12)7-13(21)20-6-11(14(16)22)23-10-4-2-1-3-9(10)20/h1-4,8,11H,6-7H2,(H2,16,22)/t11-/m1/s1. The molecule has 9 nitrogen and oxygen atoms in total. The number of benzene rings is 1. The Morgan fingerprint density at radius 3 is 2.91 bits per heavy atom. The number of nitriles is 1. The molecule has 2 N–H and O–H groups in total. The highest BCUT2D eigenvalue weighted by molar-refractivity contribution is 5.96. The Kier molecular flexibility index (Phi) is 3.64. The van der Waals surface area contributed by atoms with E-state index in [1.165, 1.54) is 15.9 Å². The number of fused-ring (bicyclic) bond motifs is 1. The van der Waals surface area contributed by atoms with Crippen molar-refractivity contribution < 1.29 is 14.3 Å². The molecule has 23 heavy (non-hydrogen) atoms. The fraction of sp³-hybridized carbons (Fsp3) is 0.214. The van der Waals surface area contributed by atoms with E-state index in [1.54, 1.807) is 30.3 Å². The summed E-state index contributed by atoms with van der Waals surface area (Å²) in [6, 6.07) is 8.66. The fourth-order valence-electron chi connectivity index (χ4n) is 2.26. The molecule has 0 saturated carbocycles. The zero-order valence-electron chi connectivity index (χ0n) is 11.9. The van der Waals surface area contributed by atoms with Gasteiger partial charge in [0.05, 0.1) is 12.2 Å². The lowest BCUT2D eigenvalue weighted by Gasteiger charge is -2.33. The third-order valence-corrected chi connectivity index (χ3v) is 3.33. The molecule has 0 unspecified atom stereocenters. The first-order valence-corrected chi connectivity index (χ1v) is 6.73. The molecule has 0 aliphatic carbocycles. The van der Waals surface area contributed by atoms with E-state index in [0.717, 1.165) is 0 Å². The highest BCUT2D eigenvalue weighted by Gasteiger charge is 2.32. The van der Waals surface area contributed by atoms with Crippen LogP contribution >= 0.6 is 0 Å². The van der Waals surface area contributed by atoms with E-state index in [9.17, 15) is 9.59 Å². The summed E-state index contributed by atoms with van der Waals surface area (Å²) in [4.78, 5) is 29.1. The van der Waals surface area contributed by atoms with E-state index < -0.39 is 12.0 Å². The minimum Gasteiger partial charge on any atom is -0.477 e. The van der Waals surface area contributed by atoms with Gasteiger partial charge in [-0.25, -0.2) is 9.67 Å². The molecule has 3 rings (SSSR count). The number of amides is 2. The number of rotatable bonds is 3. The highest BCUT2D eigenvalue weighted by Crippen LogP contribution is 2.33. The van der Waals surface area contributed by atoms with Gasteiger partial charge in [-0.05, 0) is 12.1 Å². The molecule has 0 spiro atoms. The zero-order valence-corrected chi connectivity index (χ0v) is 11.9. The SMILES string of the molecule is N#Cc1ncn(CC(=O)N2C[C@H](C(N)=O)Oc3ccccc32)n1. The number of aromatic nitrogens is 3. The first kappa shape index (κ1) is 14.5. The Morgan fingerprint density at radius 1 is 1.43 bits per heavy atom. The van der Waals surface area contributed by atoms with Crippen LogP contribution in [0.3, 0.4) is 0 Å². The number of hydrogen-bond donors (Lipinski definition) is 1. The maximum absolute atomic E-state index is 12.5. The fourth-order valence-corrected chi connectivity index (χ4v) is 2.26. The summed E-state index contributed by atoms with van der Waals surface area (Å²) < 4.78 is 6.76. The molecular weight excluding hydrogens is 300 g/mol. The summed E-state index contributed by atoms with van der Waals surface area (Å²) in [7, 11) is 0. The molecule has 0 fully saturated rings. The van der Waals surface area contributed by atoms with Crippen molar-refractivity contribution in [2.24, 2.45) is 5.73 Å². The number of anilines is 1. The molecule has 1 aliphatic rings. The predicted molar refractivity (Wildman–Crippen MR) is 77.1 cm³/mol. The molecule has 2 amide bonds. The normalized spacial score (nSPS) is 16.1. The van der Waals surface area contributed by atoms with E-state index >= 15 is 0 Å². The van der Waals surface area contributed by atoms with Crippen molar-refractivity contribution in [1.29, 1.82) is 5.26 Å². The van der Waals surface area contributed by atoms with E-state index in [1.807, 2.05) is 0 Å². The van der Waals surface area contributed by atoms with Gasteiger partial charge in [-0.3, -0.25) is 9.59 Å². The second-order valence-corrected chi connectivity index (χ2v) is 4.86. The molecule has 0 saturated heterocycles. The van der Waals surface area contributed by atoms with Crippen molar-refractivity contribution >= 4 is 17.5 Å². The Hall–Kier alpha value is -3.41. The molecule has 9 heteroatoms. The second kappa shape index (κ2) is 5.76. The molecule has 2 heterocycles. The molecule has 116 valence electrons. The van der Waals surface area contributed by atoms with Crippen molar-refractivity contribution in [3.05, 3.63) is 36.4 Å². The minimum absolute atomic E-state index is 0.0183. The van der Waals surface area contributed by atoms with Gasteiger partial charge in [0, 0.05) is 0 Å². The molecule has 1 aromatic heterocycles. The number of para-hydroxylation sites is 2. The average molecular weight is 312 g/mol. The first-order valence-electron chi connectivity index (χ1n) is 6.73. The lowest BCUT2D eigenvalue weighted by atomic mass is 10.1. The summed E-state index contributed by atoms with van der Waals surface area (Å²) in [6.07, 6.45) is 0.383. The van der Waals surface area contributed by atoms with Gasteiger partial charge in [0.15, 0.2) is 6.10 Å². The van der Waals surface area contributed by atoms with Crippen molar-refractivity contribution in [1.82, 2.24) is 14.8 Å². The topological polar surface area (TPSA) is 127 Å². The number of carbonyl (C=O) groups excluding carboxylic acids is 2. The smallest absolute Gasteiger partial charge is 0.260 e. The van der Waals surface area contributed by atoms with Crippen LogP contribution in [0.2, 0.25) is 0 Å². The summed E-state index contributed by atoms with van der Waals surface area (Å²) in [5.74, 6) is -0.575. The largest absolute Gasteiger partial charge is 0.477 e. The van der Waals surface area contributed by atoms with Gasteiger partial charge in [-0.1, -0.05) is 12.1 Å². The van der Waals surface area contributed by atoms with Gasteiger partial charge in [0.2, 0.25) is 5.91 Å². The minimum atomic E-state index is -0.917. The van der Waals surface area contributed by atoms with Crippen molar-refractivity contribution in [2.75, 3.05) is 11.4 Å². The molecule has 1 aliphatic heterocycles. The summed E-state index contributed by atoms with van der Waals surface area (Å²) in [5, 5.41) is 12.6. The van der Waals surface area contributed by atoms with E-state index in [4.69, 9.17) is 15.7 Å². The highest BCUT2D eigenvalue weighted by atomic mass is 16.5. The molecular formula is C14H12N6O3. The van der Waals surface area contributed by atoms with Gasteiger partial charge in [-0.2, -0.15) is 5.26 Å². The van der Waals surface area contributed by atoms with E-state index in [2.05, 4.69) is 10.1 Å². The maximum Gasteiger partial charge on any atom is 0.260 e. The first-order chi connectivity index (χ1) is 11.1. The Labute approximate surface area is 130 Å². The summed E-state index contributed by atoms with van der Waals surface area (Å²) in [6.45, 7) is -0.0977. The second-order valence-electron chi connectivity index (χ2n) is 4.86. The van der Waals surface area contributed by atoms with E-state index in [-0.39, 0.29) is 24.8 Å². The zero-order chi connectivity index (χ0) is 16.4. The van der Waals surface area contributed by atoms with Crippen LogP contribution in [0.25, 0.3) is 0 Å². The number of nitrogens with two attached hydrogens (primary N) is 1. The van der Waals surface area contributed by atoms with Gasteiger partial charge in [-0.15, -0.1) is 5.10 Å². The van der Waals surface area contributed by atoms with Crippen LogP contribution in [0.4, 0.5) is 5.69 Å². The number of ether oxygens (including phenoxy) is 1. The van der Waals surface area contributed by atoms with Gasteiger partial charge >= 0.3 is 0 Å². The Bertz CT molecular complexity index is 809. The quantitative estimate of drug-likeness (QED) is 0.808. The van der Waals surface area contributed by atoms with Crippen molar-refractivity contribution in [3.63, 3.8) is 0 Å². The average Bonchev–Trinajstić information content (AvgIpc) is 3.01. The van der Waals surface area contributed by atoms with Crippen LogP contribution < -0.4 is 15.4 Å². The number of carbonyl (C=O) groups is 2. The lowest BCUT2D eigenvalue weighted by molar-refractivity contribution is -0.125. The van der Waals surface area contributed by atoms with Gasteiger partial charge in [0.25, 0.3) is 11.7 Å². The van der Waals surface area contributed by atoms with Crippen molar-refractivity contribution in [2.45, 2.75) is 12.6 Å². The number of primary amides is 1. The van der Waals surface area contributed by atoms with Crippen LogP contribution in [0.15, 0.2) is 30.6 Å². The van der Waals surface area contributed by atoms with Crippen LogP contribution in [0.1, 0.15) is 5.82 Å². The summed E-state index contributed by atoms with van der Waals surface area (Å²) in [5.41, 5.74) is 5.85. The van der Waals surface area contributed by atoms with Crippen molar-refractivity contribution in [3.8, 4) is 11.8 Å².